The number of hydrogen-bond acceptors (Lipinski definition) is 4. The average molecular weight is 209 g/mol. The van der Waals surface area contributed by atoms with Crippen LogP contribution in [0.3, 0.4) is 0 Å². The van der Waals surface area contributed by atoms with Crippen molar-refractivity contribution in [3.63, 3.8) is 0 Å². The molecule has 0 radical (unpaired) electrons. The van der Waals surface area contributed by atoms with Gasteiger partial charge in [-0.15, -0.1) is 0 Å². The fraction of sp³-hybridized carbons (Fsp3) is 0.455. The molecule has 0 saturated heterocycles. The molecule has 0 aliphatic rings. The number of aromatic nitrogens is 1. The summed E-state index contributed by atoms with van der Waals surface area (Å²) in [6.07, 6.45) is 3.62. The van der Waals surface area contributed by atoms with E-state index < -0.39 is 5.97 Å². The maximum Gasteiger partial charge on any atom is 0.343 e. The van der Waals surface area contributed by atoms with E-state index in [1.54, 1.807) is 12.3 Å². The van der Waals surface area contributed by atoms with E-state index in [4.69, 9.17) is 4.74 Å². The van der Waals surface area contributed by atoms with Gasteiger partial charge in [-0.25, -0.2) is 9.78 Å². The van der Waals surface area contributed by atoms with Crippen molar-refractivity contribution in [3.05, 3.63) is 23.4 Å². The number of carbonyl (C=O) groups is 1. The minimum atomic E-state index is -0.419. The number of esters is 1. The second-order valence-corrected chi connectivity index (χ2v) is 3.14. The molecule has 0 bridgehead atoms. The van der Waals surface area contributed by atoms with E-state index in [1.807, 2.05) is 0 Å². The van der Waals surface area contributed by atoms with Gasteiger partial charge in [0.2, 0.25) is 5.88 Å². The number of nitrogens with zero attached hydrogens (tertiary/aromatic N) is 1. The summed E-state index contributed by atoms with van der Waals surface area (Å²) in [4.78, 5) is 15.5. The van der Waals surface area contributed by atoms with Gasteiger partial charge < -0.3 is 9.47 Å². The Bertz CT molecular complexity index is 350. The zero-order valence-electron chi connectivity index (χ0n) is 9.24. The van der Waals surface area contributed by atoms with Crippen LogP contribution in [0.2, 0.25) is 0 Å². The Morgan fingerprint density at radius 1 is 1.47 bits per heavy atom. The minimum Gasteiger partial charge on any atom is -0.480 e. The van der Waals surface area contributed by atoms with Crippen molar-refractivity contribution in [3.8, 4) is 5.88 Å². The van der Waals surface area contributed by atoms with E-state index in [1.165, 1.54) is 14.2 Å². The van der Waals surface area contributed by atoms with Crippen LogP contribution >= 0.6 is 0 Å². The summed E-state index contributed by atoms with van der Waals surface area (Å²) < 4.78 is 9.64. The highest BCUT2D eigenvalue weighted by Crippen LogP contribution is 2.17. The number of rotatable bonds is 4. The largest absolute Gasteiger partial charge is 0.480 e. The van der Waals surface area contributed by atoms with Crippen LogP contribution in [-0.4, -0.2) is 25.2 Å². The monoisotopic (exact) mass is 209 g/mol. The summed E-state index contributed by atoms with van der Waals surface area (Å²) in [6.45, 7) is 2.07. The van der Waals surface area contributed by atoms with Crippen LogP contribution in [0.15, 0.2) is 12.3 Å². The van der Waals surface area contributed by atoms with Gasteiger partial charge in [0.25, 0.3) is 0 Å². The van der Waals surface area contributed by atoms with Crippen molar-refractivity contribution in [2.75, 3.05) is 14.2 Å². The highest BCUT2D eigenvalue weighted by atomic mass is 16.5. The lowest BCUT2D eigenvalue weighted by molar-refractivity contribution is 0.0596. The quantitative estimate of drug-likeness (QED) is 0.710. The van der Waals surface area contributed by atoms with Crippen molar-refractivity contribution >= 4 is 5.97 Å². The molecule has 1 aromatic heterocycles. The molecule has 0 aliphatic heterocycles. The molecule has 0 aliphatic carbocycles. The standard InChI is InChI=1S/C11H15NO3/c1-4-5-8-6-9(11(13)15-3)10(14-2)12-7-8/h6-7H,4-5H2,1-3H3. The second-order valence-electron chi connectivity index (χ2n) is 3.14. The Labute approximate surface area is 89.2 Å². The van der Waals surface area contributed by atoms with Gasteiger partial charge in [0.15, 0.2) is 0 Å². The topological polar surface area (TPSA) is 48.4 Å². The molecular weight excluding hydrogens is 194 g/mol. The minimum absolute atomic E-state index is 0.307. The van der Waals surface area contributed by atoms with Gasteiger partial charge in [-0.1, -0.05) is 13.3 Å². The Kier molecular flexibility index (Phi) is 4.09. The van der Waals surface area contributed by atoms with Crippen LogP contribution in [0.25, 0.3) is 0 Å². The van der Waals surface area contributed by atoms with Gasteiger partial charge in [-0.3, -0.25) is 0 Å². The lowest BCUT2D eigenvalue weighted by Gasteiger charge is -2.07. The first-order chi connectivity index (χ1) is 7.22. The number of methoxy groups -OCH3 is 2. The van der Waals surface area contributed by atoms with Gasteiger partial charge in [0, 0.05) is 6.20 Å². The zero-order valence-corrected chi connectivity index (χ0v) is 9.24. The first-order valence-corrected chi connectivity index (χ1v) is 4.84. The Morgan fingerprint density at radius 2 is 2.20 bits per heavy atom. The third-order valence-corrected chi connectivity index (χ3v) is 2.05. The predicted octanol–water partition coefficient (Wildman–Crippen LogP) is 1.83. The molecule has 82 valence electrons. The maximum atomic E-state index is 11.4. The molecule has 1 rings (SSSR count). The molecule has 0 spiro atoms. The number of hydrogen-bond donors (Lipinski definition) is 0. The van der Waals surface area contributed by atoms with Crippen molar-refractivity contribution in [2.45, 2.75) is 19.8 Å². The molecule has 4 heteroatoms. The van der Waals surface area contributed by atoms with Gasteiger partial charge >= 0.3 is 5.97 Å². The Hall–Kier alpha value is -1.58. The molecule has 0 saturated carbocycles. The van der Waals surface area contributed by atoms with E-state index in [0.29, 0.717) is 11.4 Å². The van der Waals surface area contributed by atoms with Crippen LogP contribution in [0.1, 0.15) is 29.3 Å². The van der Waals surface area contributed by atoms with Crippen molar-refractivity contribution < 1.29 is 14.3 Å². The fourth-order valence-corrected chi connectivity index (χ4v) is 1.34. The Balaban J connectivity index is 3.07. The van der Waals surface area contributed by atoms with E-state index >= 15 is 0 Å². The molecule has 0 fully saturated rings. The first-order valence-electron chi connectivity index (χ1n) is 4.84. The molecule has 0 amide bonds. The number of carbonyl (C=O) groups excluding carboxylic acids is 1. The molecule has 1 aromatic rings. The van der Waals surface area contributed by atoms with Gasteiger partial charge in [0.1, 0.15) is 5.56 Å². The molecule has 0 N–H and O–H groups in total. The van der Waals surface area contributed by atoms with Crippen LogP contribution in [0.4, 0.5) is 0 Å². The van der Waals surface area contributed by atoms with Crippen LogP contribution < -0.4 is 4.74 Å². The van der Waals surface area contributed by atoms with Crippen LogP contribution in [0, 0.1) is 0 Å². The first kappa shape index (κ1) is 11.5. The summed E-state index contributed by atoms with van der Waals surface area (Å²) in [7, 11) is 2.82. The Morgan fingerprint density at radius 3 is 2.73 bits per heavy atom. The third-order valence-electron chi connectivity index (χ3n) is 2.05. The summed E-state index contributed by atoms with van der Waals surface area (Å²) in [6, 6.07) is 1.77. The second kappa shape index (κ2) is 5.34. The molecule has 0 atom stereocenters. The SMILES string of the molecule is CCCc1cnc(OC)c(C(=O)OC)c1. The summed E-state index contributed by atoms with van der Waals surface area (Å²) in [5.41, 5.74) is 1.39. The molecule has 1 heterocycles. The smallest absolute Gasteiger partial charge is 0.343 e. The summed E-state index contributed by atoms with van der Waals surface area (Å²) in [5.74, 6) is -0.112. The van der Waals surface area contributed by atoms with Gasteiger partial charge in [-0.05, 0) is 18.1 Å². The fourth-order valence-electron chi connectivity index (χ4n) is 1.34. The van der Waals surface area contributed by atoms with E-state index in [-0.39, 0.29) is 0 Å². The van der Waals surface area contributed by atoms with Gasteiger partial charge in [-0.2, -0.15) is 0 Å². The van der Waals surface area contributed by atoms with Gasteiger partial charge in [0.05, 0.1) is 14.2 Å². The molecule has 15 heavy (non-hydrogen) atoms. The van der Waals surface area contributed by atoms with E-state index in [0.717, 1.165) is 18.4 Å². The van der Waals surface area contributed by atoms with Crippen molar-refractivity contribution in [1.29, 1.82) is 0 Å². The van der Waals surface area contributed by atoms with E-state index in [9.17, 15) is 4.79 Å². The molecule has 4 nitrogen and oxygen atoms in total. The summed E-state index contributed by atoms with van der Waals surface area (Å²) >= 11 is 0. The molecule has 0 unspecified atom stereocenters. The number of aryl methyl sites for hydroxylation is 1. The number of pyridine rings is 1. The van der Waals surface area contributed by atoms with Crippen molar-refractivity contribution in [2.24, 2.45) is 0 Å². The third kappa shape index (κ3) is 2.68. The van der Waals surface area contributed by atoms with Crippen LogP contribution in [-0.2, 0) is 11.2 Å². The summed E-state index contributed by atoms with van der Waals surface area (Å²) in [5, 5.41) is 0. The predicted molar refractivity (Wildman–Crippen MR) is 56.1 cm³/mol. The van der Waals surface area contributed by atoms with E-state index in [2.05, 4.69) is 16.6 Å². The lowest BCUT2D eigenvalue weighted by atomic mass is 10.1. The molecular formula is C11H15NO3. The van der Waals surface area contributed by atoms with Crippen molar-refractivity contribution in [1.82, 2.24) is 4.98 Å². The van der Waals surface area contributed by atoms with Crippen LogP contribution in [0.5, 0.6) is 5.88 Å². The lowest BCUT2D eigenvalue weighted by Crippen LogP contribution is -2.06. The zero-order chi connectivity index (χ0) is 11.3. The maximum absolute atomic E-state index is 11.4. The molecule has 0 aromatic carbocycles. The number of ether oxygens (including phenoxy) is 2. The average Bonchev–Trinajstić information content (AvgIpc) is 2.28. The highest BCUT2D eigenvalue weighted by molar-refractivity contribution is 5.91. The normalized spacial score (nSPS) is 9.80. The highest BCUT2D eigenvalue weighted by Gasteiger charge is 2.14.